The molecule has 0 aromatic heterocycles. The van der Waals surface area contributed by atoms with Crippen LogP contribution in [-0.2, 0) is 14.3 Å². The maximum atomic E-state index is 12.4. The van der Waals surface area contributed by atoms with Gasteiger partial charge in [0.15, 0.2) is 0 Å². The lowest BCUT2D eigenvalue weighted by Crippen LogP contribution is -2.44. The minimum absolute atomic E-state index is 0.0997. The van der Waals surface area contributed by atoms with Crippen LogP contribution in [0.2, 0.25) is 5.02 Å². The summed E-state index contributed by atoms with van der Waals surface area (Å²) in [6.45, 7) is 0.938. The summed E-state index contributed by atoms with van der Waals surface area (Å²) in [4.78, 5) is 24.4. The van der Waals surface area contributed by atoms with E-state index in [0.717, 1.165) is 12.8 Å². The van der Waals surface area contributed by atoms with E-state index in [2.05, 4.69) is 5.32 Å². The number of carbonyl (C=O) groups is 2. The molecule has 1 aromatic rings. The molecular weight excluding hydrogens is 330 g/mol. The molecule has 5 nitrogen and oxygen atoms in total. The molecular formula is C18H20ClNO4. The first-order chi connectivity index (χ1) is 11.6. The van der Waals surface area contributed by atoms with Crippen molar-refractivity contribution in [2.24, 2.45) is 11.8 Å². The van der Waals surface area contributed by atoms with Crippen LogP contribution < -0.4 is 5.32 Å². The summed E-state index contributed by atoms with van der Waals surface area (Å²) < 4.78 is 11.7. The van der Waals surface area contributed by atoms with E-state index >= 15 is 0 Å². The van der Waals surface area contributed by atoms with Gasteiger partial charge in [0.25, 0.3) is 5.91 Å². The van der Waals surface area contributed by atoms with Crippen LogP contribution in [0.4, 0.5) is 0 Å². The molecule has 3 fully saturated rings. The monoisotopic (exact) mass is 349 g/mol. The minimum Gasteiger partial charge on any atom is -0.373 e. The summed E-state index contributed by atoms with van der Waals surface area (Å²) in [5.41, 5.74) is 0.518. The highest BCUT2D eigenvalue weighted by Gasteiger charge is 2.49. The van der Waals surface area contributed by atoms with Gasteiger partial charge < -0.3 is 14.8 Å². The van der Waals surface area contributed by atoms with E-state index in [1.165, 1.54) is 0 Å². The third kappa shape index (κ3) is 3.21. The van der Waals surface area contributed by atoms with Gasteiger partial charge in [-0.15, -0.1) is 0 Å². The van der Waals surface area contributed by atoms with Crippen molar-refractivity contribution in [3.8, 4) is 0 Å². The SMILES string of the molecule is O=C(N[C@H]1CO[C@@H]2[C@@H](CC(=O)C3CC3)CO[C@@H]21)c1cccc(Cl)c1. The van der Waals surface area contributed by atoms with E-state index in [4.69, 9.17) is 21.1 Å². The van der Waals surface area contributed by atoms with Crippen molar-refractivity contribution in [2.45, 2.75) is 37.5 Å². The molecule has 128 valence electrons. The highest BCUT2D eigenvalue weighted by molar-refractivity contribution is 6.30. The van der Waals surface area contributed by atoms with Gasteiger partial charge in [-0.2, -0.15) is 0 Å². The Morgan fingerprint density at radius 2 is 1.96 bits per heavy atom. The highest BCUT2D eigenvalue weighted by Crippen LogP contribution is 2.37. The highest BCUT2D eigenvalue weighted by atomic mass is 35.5. The number of carbonyl (C=O) groups excluding carboxylic acids is 2. The van der Waals surface area contributed by atoms with E-state index in [1.54, 1.807) is 24.3 Å². The lowest BCUT2D eigenvalue weighted by atomic mass is 9.94. The van der Waals surface area contributed by atoms with Gasteiger partial charge in [-0.05, 0) is 31.0 Å². The van der Waals surface area contributed by atoms with Gasteiger partial charge in [0.05, 0.1) is 25.4 Å². The Hall–Kier alpha value is -1.43. The van der Waals surface area contributed by atoms with Gasteiger partial charge in [-0.1, -0.05) is 17.7 Å². The first-order valence-corrected chi connectivity index (χ1v) is 8.82. The number of fused-ring (bicyclic) bond motifs is 1. The van der Waals surface area contributed by atoms with Gasteiger partial charge in [-0.3, -0.25) is 9.59 Å². The Morgan fingerprint density at radius 3 is 2.71 bits per heavy atom. The van der Waals surface area contributed by atoms with Crippen molar-refractivity contribution in [1.29, 1.82) is 0 Å². The van der Waals surface area contributed by atoms with E-state index in [9.17, 15) is 9.59 Å². The first-order valence-electron chi connectivity index (χ1n) is 8.44. The molecule has 0 unspecified atom stereocenters. The zero-order valence-corrected chi connectivity index (χ0v) is 14.0. The first kappa shape index (κ1) is 16.1. The predicted octanol–water partition coefficient (Wildman–Crippen LogP) is 2.22. The van der Waals surface area contributed by atoms with Gasteiger partial charge in [0.2, 0.25) is 0 Å². The number of nitrogens with one attached hydrogen (secondary N) is 1. The number of hydrogen-bond donors (Lipinski definition) is 1. The molecule has 0 radical (unpaired) electrons. The Bertz CT molecular complexity index is 660. The number of Topliss-reactive ketones (excluding diaryl/α,β-unsaturated/α-hetero) is 1. The predicted molar refractivity (Wildman–Crippen MR) is 88.0 cm³/mol. The molecule has 1 N–H and O–H groups in total. The summed E-state index contributed by atoms with van der Waals surface area (Å²) in [5.74, 6) is 0.520. The second-order valence-electron chi connectivity index (χ2n) is 6.89. The lowest BCUT2D eigenvalue weighted by Gasteiger charge is -2.18. The molecule has 3 aliphatic rings. The van der Waals surface area contributed by atoms with Crippen LogP contribution in [0, 0.1) is 11.8 Å². The van der Waals surface area contributed by atoms with Gasteiger partial charge >= 0.3 is 0 Å². The summed E-state index contributed by atoms with van der Waals surface area (Å²) in [6, 6.07) is 6.64. The number of ether oxygens (including phenoxy) is 2. The summed E-state index contributed by atoms with van der Waals surface area (Å²) >= 11 is 5.93. The van der Waals surface area contributed by atoms with Crippen LogP contribution >= 0.6 is 11.6 Å². The molecule has 4 rings (SSSR count). The molecule has 1 amide bonds. The molecule has 2 aliphatic heterocycles. The van der Waals surface area contributed by atoms with E-state index in [0.29, 0.717) is 36.0 Å². The van der Waals surface area contributed by atoms with Gasteiger partial charge in [0, 0.05) is 28.8 Å². The van der Waals surface area contributed by atoms with Crippen LogP contribution in [0.5, 0.6) is 0 Å². The van der Waals surface area contributed by atoms with E-state index in [1.807, 2.05) is 0 Å². The van der Waals surface area contributed by atoms with Gasteiger partial charge in [0.1, 0.15) is 11.9 Å². The zero-order valence-electron chi connectivity index (χ0n) is 13.2. The topological polar surface area (TPSA) is 64.6 Å². The molecule has 4 atom stereocenters. The standard InChI is InChI=1S/C18H20ClNO4/c19-13-3-1-2-11(6-13)18(22)20-14-9-24-16-12(8-23-17(14)16)7-15(21)10-4-5-10/h1-3,6,10,12,14,16-17H,4-5,7-9H2,(H,20,22)/t12-,14-,16+,17+/m0/s1. The van der Waals surface area contributed by atoms with E-state index in [-0.39, 0.29) is 36.0 Å². The van der Waals surface area contributed by atoms with Crippen LogP contribution in [0.25, 0.3) is 0 Å². The largest absolute Gasteiger partial charge is 0.373 e. The van der Waals surface area contributed by atoms with Crippen molar-refractivity contribution in [3.05, 3.63) is 34.9 Å². The number of halogens is 1. The number of rotatable bonds is 5. The molecule has 1 saturated carbocycles. The smallest absolute Gasteiger partial charge is 0.251 e. The average molecular weight is 350 g/mol. The second kappa shape index (κ2) is 6.47. The Kier molecular flexibility index (Phi) is 4.33. The van der Waals surface area contributed by atoms with Crippen molar-refractivity contribution in [2.75, 3.05) is 13.2 Å². The van der Waals surface area contributed by atoms with Crippen molar-refractivity contribution >= 4 is 23.3 Å². The molecule has 24 heavy (non-hydrogen) atoms. The third-order valence-corrected chi connectivity index (χ3v) is 5.29. The average Bonchev–Trinajstić information content (AvgIpc) is 3.24. The van der Waals surface area contributed by atoms with Crippen LogP contribution in [0.15, 0.2) is 24.3 Å². The summed E-state index contributed by atoms with van der Waals surface area (Å²) in [5, 5.41) is 3.50. The van der Waals surface area contributed by atoms with Gasteiger partial charge in [-0.25, -0.2) is 0 Å². The van der Waals surface area contributed by atoms with Crippen LogP contribution in [0.3, 0.4) is 0 Å². The molecule has 1 aromatic carbocycles. The second-order valence-corrected chi connectivity index (χ2v) is 7.33. The Balaban J connectivity index is 1.36. The maximum Gasteiger partial charge on any atom is 0.251 e. The molecule has 0 spiro atoms. The van der Waals surface area contributed by atoms with E-state index < -0.39 is 0 Å². The Labute approximate surface area is 145 Å². The number of hydrogen-bond acceptors (Lipinski definition) is 4. The molecule has 6 heteroatoms. The fourth-order valence-electron chi connectivity index (χ4n) is 3.59. The number of benzene rings is 1. The molecule has 1 aliphatic carbocycles. The molecule has 2 heterocycles. The van der Waals surface area contributed by atoms with Crippen molar-refractivity contribution in [1.82, 2.24) is 5.32 Å². The fraction of sp³-hybridized carbons (Fsp3) is 0.556. The molecule has 0 bridgehead atoms. The fourth-order valence-corrected chi connectivity index (χ4v) is 3.78. The number of ketones is 1. The Morgan fingerprint density at radius 1 is 1.17 bits per heavy atom. The maximum absolute atomic E-state index is 12.4. The zero-order chi connectivity index (χ0) is 16.7. The van der Waals surface area contributed by atoms with Crippen molar-refractivity contribution in [3.63, 3.8) is 0 Å². The lowest BCUT2D eigenvalue weighted by molar-refractivity contribution is -0.121. The van der Waals surface area contributed by atoms with Crippen LogP contribution in [-0.4, -0.2) is 43.2 Å². The normalized spacial score (nSPS) is 31.7. The van der Waals surface area contributed by atoms with Crippen molar-refractivity contribution < 1.29 is 19.1 Å². The summed E-state index contributed by atoms with van der Waals surface area (Å²) in [7, 11) is 0. The minimum atomic E-state index is -0.192. The van der Waals surface area contributed by atoms with Crippen LogP contribution in [0.1, 0.15) is 29.6 Å². The molecule has 2 saturated heterocycles. The third-order valence-electron chi connectivity index (χ3n) is 5.06. The number of amides is 1. The summed E-state index contributed by atoms with van der Waals surface area (Å²) in [6.07, 6.45) is 2.31. The quantitative estimate of drug-likeness (QED) is 0.885.